The Morgan fingerprint density at radius 3 is 2.73 bits per heavy atom. The van der Waals surface area contributed by atoms with E-state index in [9.17, 15) is 4.79 Å². The predicted molar refractivity (Wildman–Crippen MR) is 130 cm³/mol. The van der Waals surface area contributed by atoms with Crippen molar-refractivity contribution in [2.24, 2.45) is 0 Å². The number of carbonyl (C=O) groups excluding carboxylic acids is 1. The van der Waals surface area contributed by atoms with Gasteiger partial charge >= 0.3 is 0 Å². The molecule has 0 bridgehead atoms. The monoisotopic (exact) mass is 440 g/mol. The van der Waals surface area contributed by atoms with E-state index in [-0.39, 0.29) is 5.91 Å². The maximum atomic E-state index is 12.3. The summed E-state index contributed by atoms with van der Waals surface area (Å²) in [6.45, 7) is 5.71. The number of imidazole rings is 1. The van der Waals surface area contributed by atoms with Crippen LogP contribution in [-0.4, -0.2) is 33.6 Å². The molecule has 0 aliphatic rings. The second kappa shape index (κ2) is 11.1. The van der Waals surface area contributed by atoms with Crippen molar-refractivity contribution in [3.05, 3.63) is 103 Å². The van der Waals surface area contributed by atoms with Crippen LogP contribution in [0.3, 0.4) is 0 Å². The summed E-state index contributed by atoms with van der Waals surface area (Å²) in [5.74, 6) is 1.68. The molecular weight excluding hydrogens is 412 g/mol. The fourth-order valence-electron chi connectivity index (χ4n) is 3.81. The van der Waals surface area contributed by atoms with E-state index in [1.54, 1.807) is 24.4 Å². The number of amides is 1. The molecule has 0 atom stereocenters. The Morgan fingerprint density at radius 1 is 1.06 bits per heavy atom. The van der Waals surface area contributed by atoms with Crippen molar-refractivity contribution >= 4 is 16.9 Å². The van der Waals surface area contributed by atoms with Gasteiger partial charge in [0.1, 0.15) is 17.3 Å². The molecule has 4 rings (SSSR count). The quantitative estimate of drug-likeness (QED) is 0.273. The molecule has 0 fully saturated rings. The van der Waals surface area contributed by atoms with Crippen LogP contribution in [0, 0.1) is 0 Å². The Labute approximate surface area is 194 Å². The van der Waals surface area contributed by atoms with Crippen molar-refractivity contribution in [2.75, 3.05) is 13.2 Å². The van der Waals surface area contributed by atoms with Gasteiger partial charge in [0, 0.05) is 25.7 Å². The van der Waals surface area contributed by atoms with Crippen molar-refractivity contribution in [2.45, 2.75) is 25.8 Å². The minimum absolute atomic E-state index is 0.176. The number of para-hydroxylation sites is 3. The molecule has 2 heterocycles. The molecule has 2 aromatic heterocycles. The van der Waals surface area contributed by atoms with Gasteiger partial charge in [0.15, 0.2) is 0 Å². The number of hydrogen-bond acceptors (Lipinski definition) is 4. The van der Waals surface area contributed by atoms with Gasteiger partial charge in [-0.15, -0.1) is 6.58 Å². The maximum absolute atomic E-state index is 12.3. The molecule has 0 aliphatic carbocycles. The zero-order valence-electron chi connectivity index (χ0n) is 18.6. The van der Waals surface area contributed by atoms with E-state index in [4.69, 9.17) is 9.72 Å². The zero-order chi connectivity index (χ0) is 22.9. The summed E-state index contributed by atoms with van der Waals surface area (Å²) < 4.78 is 8.28. The van der Waals surface area contributed by atoms with Crippen LogP contribution in [0.1, 0.15) is 28.3 Å². The zero-order valence-corrected chi connectivity index (χ0v) is 18.6. The smallest absolute Gasteiger partial charge is 0.269 e. The van der Waals surface area contributed by atoms with E-state index in [2.05, 4.69) is 33.6 Å². The van der Waals surface area contributed by atoms with Crippen LogP contribution in [0.5, 0.6) is 5.75 Å². The average molecular weight is 441 g/mol. The SMILES string of the molecule is C=CCc1ccccc1OCCCn1c(CCNC(=O)c2ccccn2)nc2ccccc21. The van der Waals surface area contributed by atoms with Gasteiger partial charge in [-0.2, -0.15) is 0 Å². The van der Waals surface area contributed by atoms with Gasteiger partial charge < -0.3 is 14.6 Å². The van der Waals surface area contributed by atoms with E-state index < -0.39 is 0 Å². The molecule has 4 aromatic rings. The fraction of sp³-hybridized carbons (Fsp3) is 0.222. The molecule has 2 aromatic carbocycles. The number of nitrogens with zero attached hydrogens (tertiary/aromatic N) is 3. The molecule has 6 nitrogen and oxygen atoms in total. The van der Waals surface area contributed by atoms with Crippen molar-refractivity contribution < 1.29 is 9.53 Å². The lowest BCUT2D eigenvalue weighted by Crippen LogP contribution is -2.27. The number of hydrogen-bond donors (Lipinski definition) is 1. The highest BCUT2D eigenvalue weighted by atomic mass is 16.5. The van der Waals surface area contributed by atoms with E-state index >= 15 is 0 Å². The fourth-order valence-corrected chi connectivity index (χ4v) is 3.81. The third-order valence-corrected chi connectivity index (χ3v) is 5.39. The van der Waals surface area contributed by atoms with Gasteiger partial charge in [-0.05, 0) is 48.7 Å². The number of carbonyl (C=O) groups is 1. The van der Waals surface area contributed by atoms with Crippen molar-refractivity contribution in [3.8, 4) is 5.75 Å². The van der Waals surface area contributed by atoms with Gasteiger partial charge in [0.25, 0.3) is 5.91 Å². The molecule has 33 heavy (non-hydrogen) atoms. The molecule has 1 N–H and O–H groups in total. The summed E-state index contributed by atoms with van der Waals surface area (Å²) in [6.07, 6.45) is 5.77. The molecule has 0 radical (unpaired) electrons. The molecule has 1 amide bonds. The first-order valence-electron chi connectivity index (χ1n) is 11.2. The van der Waals surface area contributed by atoms with Crippen LogP contribution in [0.2, 0.25) is 0 Å². The Bertz CT molecular complexity index is 1220. The lowest BCUT2D eigenvalue weighted by molar-refractivity contribution is 0.0949. The first-order valence-corrected chi connectivity index (χ1v) is 11.2. The lowest BCUT2D eigenvalue weighted by atomic mass is 10.1. The molecule has 0 aliphatic heterocycles. The van der Waals surface area contributed by atoms with Gasteiger partial charge in [0.2, 0.25) is 0 Å². The van der Waals surface area contributed by atoms with E-state index in [1.165, 1.54) is 0 Å². The summed E-state index contributed by atoms with van der Waals surface area (Å²) in [5, 5.41) is 2.94. The molecule has 168 valence electrons. The van der Waals surface area contributed by atoms with Crippen molar-refractivity contribution in [1.29, 1.82) is 0 Å². The maximum Gasteiger partial charge on any atom is 0.269 e. The third-order valence-electron chi connectivity index (χ3n) is 5.39. The number of benzene rings is 2. The van der Waals surface area contributed by atoms with Crippen LogP contribution in [0.25, 0.3) is 11.0 Å². The molecule has 0 saturated carbocycles. The minimum atomic E-state index is -0.176. The second-order valence-electron chi connectivity index (χ2n) is 7.69. The van der Waals surface area contributed by atoms with Crippen LogP contribution < -0.4 is 10.1 Å². The Kier molecular flexibility index (Phi) is 7.48. The van der Waals surface area contributed by atoms with E-state index in [1.807, 2.05) is 42.5 Å². The van der Waals surface area contributed by atoms with Crippen molar-refractivity contribution in [1.82, 2.24) is 19.9 Å². The number of rotatable bonds is 11. The number of nitrogens with one attached hydrogen (secondary N) is 1. The number of pyridine rings is 1. The van der Waals surface area contributed by atoms with Gasteiger partial charge in [-0.1, -0.05) is 42.5 Å². The normalized spacial score (nSPS) is 10.8. The summed E-state index contributed by atoms with van der Waals surface area (Å²) in [6, 6.07) is 21.5. The number of aromatic nitrogens is 3. The Morgan fingerprint density at radius 2 is 1.88 bits per heavy atom. The lowest BCUT2D eigenvalue weighted by Gasteiger charge is -2.12. The standard InChI is InChI=1S/C27H28N4O2/c1-2-10-21-11-3-6-15-25(21)33-20-9-19-31-24-14-5-4-12-22(24)30-26(31)16-18-29-27(32)23-13-7-8-17-28-23/h2-8,11-15,17H,1,9-10,16,18-20H2,(H,29,32). The highest BCUT2D eigenvalue weighted by Crippen LogP contribution is 2.20. The van der Waals surface area contributed by atoms with Crippen LogP contribution in [0.15, 0.2) is 85.6 Å². The number of aryl methyl sites for hydroxylation is 1. The molecule has 6 heteroatoms. The highest BCUT2D eigenvalue weighted by Gasteiger charge is 2.12. The molecule has 0 spiro atoms. The largest absolute Gasteiger partial charge is 0.493 e. The molecule has 0 saturated heterocycles. The van der Waals surface area contributed by atoms with Gasteiger partial charge in [-0.25, -0.2) is 4.98 Å². The van der Waals surface area contributed by atoms with Crippen molar-refractivity contribution in [3.63, 3.8) is 0 Å². The van der Waals surface area contributed by atoms with E-state index in [0.29, 0.717) is 25.3 Å². The average Bonchev–Trinajstić information content (AvgIpc) is 3.20. The first kappa shape index (κ1) is 22.3. The Hall–Kier alpha value is -3.93. The van der Waals surface area contributed by atoms with Gasteiger partial charge in [-0.3, -0.25) is 9.78 Å². The number of fused-ring (bicyclic) bond motifs is 1. The van der Waals surface area contributed by atoms with Gasteiger partial charge in [0.05, 0.1) is 17.6 Å². The van der Waals surface area contributed by atoms with Crippen LogP contribution in [0.4, 0.5) is 0 Å². The summed E-state index contributed by atoms with van der Waals surface area (Å²) in [7, 11) is 0. The predicted octanol–water partition coefficient (Wildman–Crippen LogP) is 4.60. The highest BCUT2D eigenvalue weighted by molar-refractivity contribution is 5.92. The van der Waals surface area contributed by atoms with E-state index in [0.717, 1.165) is 47.6 Å². The Balaban J connectivity index is 1.38. The number of ether oxygens (including phenoxy) is 1. The van der Waals surface area contributed by atoms with Crippen LogP contribution in [-0.2, 0) is 19.4 Å². The molecular formula is C27H28N4O2. The topological polar surface area (TPSA) is 69.0 Å². The second-order valence-corrected chi connectivity index (χ2v) is 7.69. The third kappa shape index (κ3) is 5.66. The first-order chi connectivity index (χ1) is 16.3. The molecule has 0 unspecified atom stereocenters. The summed E-state index contributed by atoms with van der Waals surface area (Å²) in [4.78, 5) is 21.2. The summed E-state index contributed by atoms with van der Waals surface area (Å²) in [5.41, 5.74) is 3.61. The number of allylic oxidation sites excluding steroid dienone is 1. The summed E-state index contributed by atoms with van der Waals surface area (Å²) >= 11 is 0. The van der Waals surface area contributed by atoms with Crippen LogP contribution >= 0.6 is 0 Å². The minimum Gasteiger partial charge on any atom is -0.493 e.